The van der Waals surface area contributed by atoms with Crippen LogP contribution in [0.1, 0.15) is 29.7 Å². The van der Waals surface area contributed by atoms with Gasteiger partial charge < -0.3 is 24.5 Å². The first-order valence-electron chi connectivity index (χ1n) is 8.61. The second kappa shape index (κ2) is 7.94. The summed E-state index contributed by atoms with van der Waals surface area (Å²) in [6.07, 6.45) is 0.102. The van der Waals surface area contributed by atoms with E-state index in [0.29, 0.717) is 23.8 Å². The monoisotopic (exact) mass is 372 g/mol. The lowest BCUT2D eigenvalue weighted by molar-refractivity contribution is -0.126. The third kappa shape index (κ3) is 4.11. The molecule has 1 aliphatic heterocycles. The Bertz CT molecular complexity index is 859. The normalized spacial score (nSPS) is 16.4. The summed E-state index contributed by atoms with van der Waals surface area (Å²) < 4.78 is 10.7. The Balaban J connectivity index is 1.62. The van der Waals surface area contributed by atoms with E-state index in [1.54, 1.807) is 17.0 Å². The molecule has 27 heavy (non-hydrogen) atoms. The van der Waals surface area contributed by atoms with Crippen LogP contribution in [0.15, 0.2) is 40.8 Å². The van der Waals surface area contributed by atoms with Crippen LogP contribution in [0, 0.1) is 5.92 Å². The number of para-hydroxylation sites is 2. The largest absolute Gasteiger partial charge is 0.492 e. The highest BCUT2D eigenvalue weighted by molar-refractivity contribution is 6.01. The Morgan fingerprint density at radius 1 is 1.30 bits per heavy atom. The maximum atomic E-state index is 12.4. The average Bonchev–Trinajstić information content (AvgIpc) is 3.27. The number of carbonyl (C=O) groups is 3. The molecule has 0 bridgehead atoms. The number of nitrogens with one attached hydrogen (secondary N) is 1. The van der Waals surface area contributed by atoms with Crippen LogP contribution < -0.4 is 15.0 Å². The summed E-state index contributed by atoms with van der Waals surface area (Å²) in [6, 6.07) is 10.0. The molecular formula is C19H20N2O6. The topological polar surface area (TPSA) is 109 Å². The summed E-state index contributed by atoms with van der Waals surface area (Å²) in [5, 5.41) is 11.5. The van der Waals surface area contributed by atoms with E-state index in [2.05, 4.69) is 5.32 Å². The molecule has 3 rings (SSSR count). The molecule has 8 heteroatoms. The van der Waals surface area contributed by atoms with Crippen LogP contribution >= 0.6 is 0 Å². The summed E-state index contributed by atoms with van der Waals surface area (Å²) in [7, 11) is 0. The van der Waals surface area contributed by atoms with Gasteiger partial charge in [-0.15, -0.1) is 0 Å². The third-order valence-electron chi connectivity index (χ3n) is 4.26. The van der Waals surface area contributed by atoms with E-state index < -0.39 is 11.9 Å². The molecule has 2 heterocycles. The molecule has 1 saturated heterocycles. The quantitative estimate of drug-likeness (QED) is 0.770. The molecule has 1 aromatic carbocycles. The second-order valence-corrected chi connectivity index (χ2v) is 6.10. The molecule has 1 fully saturated rings. The zero-order chi connectivity index (χ0) is 19.4. The minimum Gasteiger partial charge on any atom is -0.492 e. The van der Waals surface area contributed by atoms with E-state index in [0.717, 1.165) is 0 Å². The fourth-order valence-electron chi connectivity index (χ4n) is 2.98. The van der Waals surface area contributed by atoms with Gasteiger partial charge in [-0.2, -0.15) is 0 Å². The molecule has 1 aromatic heterocycles. The Morgan fingerprint density at radius 3 is 2.78 bits per heavy atom. The van der Waals surface area contributed by atoms with Gasteiger partial charge in [0.15, 0.2) is 0 Å². The molecule has 1 atom stereocenters. The molecule has 1 aliphatic rings. The van der Waals surface area contributed by atoms with Crippen molar-refractivity contribution in [3.8, 4) is 5.75 Å². The Labute approximate surface area is 155 Å². The minimum atomic E-state index is -1.17. The summed E-state index contributed by atoms with van der Waals surface area (Å²) in [6.45, 7) is 2.66. The van der Waals surface area contributed by atoms with Crippen molar-refractivity contribution in [2.45, 2.75) is 19.9 Å². The molecule has 2 aromatic rings. The molecule has 0 spiro atoms. The molecule has 8 nitrogen and oxygen atoms in total. The Kier molecular flexibility index (Phi) is 5.44. The fourth-order valence-corrected chi connectivity index (χ4v) is 2.98. The number of aromatic carboxylic acids is 1. The average molecular weight is 372 g/mol. The lowest BCUT2D eigenvalue weighted by atomic mass is 10.1. The van der Waals surface area contributed by atoms with E-state index in [9.17, 15) is 14.4 Å². The van der Waals surface area contributed by atoms with Crippen molar-refractivity contribution in [1.29, 1.82) is 0 Å². The molecular weight excluding hydrogens is 352 g/mol. The summed E-state index contributed by atoms with van der Waals surface area (Å²) >= 11 is 0. The first kappa shape index (κ1) is 18.5. The maximum Gasteiger partial charge on any atom is 0.371 e. The lowest BCUT2D eigenvalue weighted by Gasteiger charge is -2.20. The summed E-state index contributed by atoms with van der Waals surface area (Å²) in [5.74, 6) is -1.34. The number of hydrogen-bond acceptors (Lipinski definition) is 5. The van der Waals surface area contributed by atoms with Crippen LogP contribution in [-0.2, 0) is 16.1 Å². The van der Waals surface area contributed by atoms with Crippen LogP contribution in [0.4, 0.5) is 5.69 Å². The van der Waals surface area contributed by atoms with Gasteiger partial charge in [-0.1, -0.05) is 12.1 Å². The first-order chi connectivity index (χ1) is 13.0. The van der Waals surface area contributed by atoms with E-state index >= 15 is 0 Å². The number of amides is 2. The zero-order valence-electron chi connectivity index (χ0n) is 14.8. The number of rotatable bonds is 7. The summed E-state index contributed by atoms with van der Waals surface area (Å²) in [4.78, 5) is 37.2. The van der Waals surface area contributed by atoms with Crippen molar-refractivity contribution in [2.24, 2.45) is 5.92 Å². The first-order valence-corrected chi connectivity index (χ1v) is 8.61. The molecule has 0 radical (unpaired) electrons. The fraction of sp³-hybridized carbons (Fsp3) is 0.316. The second-order valence-electron chi connectivity index (χ2n) is 6.10. The van der Waals surface area contributed by atoms with Gasteiger partial charge in [0.2, 0.25) is 17.6 Å². The summed E-state index contributed by atoms with van der Waals surface area (Å²) in [5.41, 5.74) is 0.650. The minimum absolute atomic E-state index is 0.0618. The van der Waals surface area contributed by atoms with Gasteiger partial charge in [0.05, 0.1) is 24.8 Å². The van der Waals surface area contributed by atoms with Crippen molar-refractivity contribution in [1.82, 2.24) is 5.32 Å². The van der Waals surface area contributed by atoms with Crippen LogP contribution in [0.25, 0.3) is 0 Å². The van der Waals surface area contributed by atoms with E-state index in [1.165, 1.54) is 12.1 Å². The van der Waals surface area contributed by atoms with Gasteiger partial charge in [-0.05, 0) is 31.2 Å². The maximum absolute atomic E-state index is 12.4. The van der Waals surface area contributed by atoms with E-state index in [4.69, 9.17) is 14.3 Å². The van der Waals surface area contributed by atoms with Crippen molar-refractivity contribution in [2.75, 3.05) is 18.1 Å². The van der Waals surface area contributed by atoms with Crippen molar-refractivity contribution >= 4 is 23.5 Å². The smallest absolute Gasteiger partial charge is 0.371 e. The number of hydrogen-bond donors (Lipinski definition) is 2. The Morgan fingerprint density at radius 2 is 2.07 bits per heavy atom. The number of furan rings is 1. The molecule has 2 N–H and O–H groups in total. The zero-order valence-corrected chi connectivity index (χ0v) is 14.8. The predicted octanol–water partition coefficient (Wildman–Crippen LogP) is 2.05. The number of nitrogens with zero attached hydrogens (tertiary/aromatic N) is 1. The van der Waals surface area contributed by atoms with Crippen molar-refractivity contribution in [3.63, 3.8) is 0 Å². The van der Waals surface area contributed by atoms with E-state index in [1.807, 2.05) is 19.1 Å². The van der Waals surface area contributed by atoms with Gasteiger partial charge >= 0.3 is 5.97 Å². The van der Waals surface area contributed by atoms with Crippen LogP contribution in [-0.4, -0.2) is 36.0 Å². The number of benzene rings is 1. The number of anilines is 1. The van der Waals surface area contributed by atoms with Crippen LogP contribution in [0.2, 0.25) is 0 Å². The highest BCUT2D eigenvalue weighted by Gasteiger charge is 2.36. The third-order valence-corrected chi connectivity index (χ3v) is 4.26. The Hall–Kier alpha value is -3.29. The number of carboxylic acids is 1. The van der Waals surface area contributed by atoms with Gasteiger partial charge in [-0.25, -0.2) is 4.79 Å². The standard InChI is InChI=1S/C19H20N2O6/c1-2-26-15-6-4-3-5-14(15)21-11-12(9-17(21)22)18(23)20-10-13-7-8-16(27-13)19(24)25/h3-8,12H,2,9-11H2,1H3,(H,20,23)(H,24,25)/t12-/m1/s1. The van der Waals surface area contributed by atoms with Gasteiger partial charge in [-0.3, -0.25) is 9.59 Å². The molecule has 142 valence electrons. The molecule has 0 unspecified atom stereocenters. The van der Waals surface area contributed by atoms with Crippen molar-refractivity contribution < 1.29 is 28.6 Å². The highest BCUT2D eigenvalue weighted by atomic mass is 16.5. The van der Waals surface area contributed by atoms with Crippen LogP contribution in [0.5, 0.6) is 5.75 Å². The van der Waals surface area contributed by atoms with Gasteiger partial charge in [0, 0.05) is 13.0 Å². The van der Waals surface area contributed by atoms with Crippen molar-refractivity contribution in [3.05, 3.63) is 47.9 Å². The lowest BCUT2D eigenvalue weighted by Crippen LogP contribution is -2.32. The molecule has 2 amide bonds. The molecule has 0 saturated carbocycles. The van der Waals surface area contributed by atoms with E-state index in [-0.39, 0.29) is 37.1 Å². The SMILES string of the molecule is CCOc1ccccc1N1C[C@H](C(=O)NCc2ccc(C(=O)O)o2)CC1=O. The van der Waals surface area contributed by atoms with Crippen LogP contribution in [0.3, 0.4) is 0 Å². The molecule has 0 aliphatic carbocycles. The number of carbonyl (C=O) groups excluding carboxylic acids is 2. The van der Waals surface area contributed by atoms with Gasteiger partial charge in [0.1, 0.15) is 11.5 Å². The van der Waals surface area contributed by atoms with Gasteiger partial charge in [0.25, 0.3) is 0 Å². The number of carboxylic acid groups (broad SMARTS) is 1. The highest BCUT2D eigenvalue weighted by Crippen LogP contribution is 2.33. The predicted molar refractivity (Wildman–Crippen MR) is 95.6 cm³/mol. The number of ether oxygens (including phenoxy) is 1.